The minimum Gasteiger partial charge on any atom is -0.455 e. The SMILES string of the molecule is c1ccc2nc(-c3cccc4c3oc3c5cccc6ccc7cccc(c43)c7c65)ccc2c1. The van der Waals surface area contributed by atoms with E-state index in [0.717, 1.165) is 38.7 Å². The van der Waals surface area contributed by atoms with Crippen LogP contribution in [-0.4, -0.2) is 4.98 Å². The summed E-state index contributed by atoms with van der Waals surface area (Å²) in [7, 11) is 0. The van der Waals surface area contributed by atoms with Crippen molar-refractivity contribution in [1.82, 2.24) is 4.98 Å². The normalized spacial score (nSPS) is 12.2. The lowest BCUT2D eigenvalue weighted by Crippen LogP contribution is -1.86. The summed E-state index contributed by atoms with van der Waals surface area (Å²) >= 11 is 0. The van der Waals surface area contributed by atoms with Crippen LogP contribution in [0, 0.1) is 0 Å². The Bertz CT molecular complexity index is 2030. The highest BCUT2D eigenvalue weighted by atomic mass is 16.3. The van der Waals surface area contributed by atoms with Gasteiger partial charge < -0.3 is 4.42 Å². The second-order valence-corrected chi connectivity index (χ2v) is 8.75. The van der Waals surface area contributed by atoms with Crippen LogP contribution in [0.3, 0.4) is 0 Å². The van der Waals surface area contributed by atoms with E-state index in [1.807, 2.05) is 12.1 Å². The first-order valence-electron chi connectivity index (χ1n) is 11.2. The summed E-state index contributed by atoms with van der Waals surface area (Å²) in [6.07, 6.45) is 0. The van der Waals surface area contributed by atoms with E-state index < -0.39 is 0 Å². The van der Waals surface area contributed by atoms with Crippen LogP contribution in [0.1, 0.15) is 0 Å². The van der Waals surface area contributed by atoms with Crippen molar-refractivity contribution in [3.8, 4) is 11.3 Å². The molecule has 0 atom stereocenters. The van der Waals surface area contributed by atoms with Crippen molar-refractivity contribution in [3.05, 3.63) is 103 Å². The van der Waals surface area contributed by atoms with Crippen molar-refractivity contribution in [1.29, 1.82) is 0 Å². The molecule has 0 N–H and O–H groups in total. The highest BCUT2D eigenvalue weighted by Crippen LogP contribution is 2.45. The number of rotatable bonds is 1. The lowest BCUT2D eigenvalue weighted by molar-refractivity contribution is 0.674. The van der Waals surface area contributed by atoms with Crippen LogP contribution in [0.5, 0.6) is 0 Å². The molecule has 0 saturated carbocycles. The summed E-state index contributed by atoms with van der Waals surface area (Å²) in [6.45, 7) is 0. The molecule has 0 saturated heterocycles. The smallest absolute Gasteiger partial charge is 0.144 e. The van der Waals surface area contributed by atoms with E-state index in [1.165, 1.54) is 37.7 Å². The number of furan rings is 1. The average Bonchev–Trinajstić information content (AvgIpc) is 3.28. The molecular formula is C31H17NO. The van der Waals surface area contributed by atoms with E-state index in [0.29, 0.717) is 0 Å². The zero-order chi connectivity index (χ0) is 21.5. The third-order valence-electron chi connectivity index (χ3n) is 6.99. The van der Waals surface area contributed by atoms with E-state index in [4.69, 9.17) is 9.40 Å². The molecule has 2 heterocycles. The maximum atomic E-state index is 6.73. The lowest BCUT2D eigenvalue weighted by atomic mass is 9.91. The van der Waals surface area contributed by atoms with Crippen LogP contribution in [0.2, 0.25) is 0 Å². The molecule has 0 spiro atoms. The molecule has 0 unspecified atom stereocenters. The molecule has 0 amide bonds. The van der Waals surface area contributed by atoms with Gasteiger partial charge in [-0.3, -0.25) is 0 Å². The number of hydrogen-bond donors (Lipinski definition) is 0. The number of nitrogens with zero attached hydrogens (tertiary/aromatic N) is 1. The second kappa shape index (κ2) is 6.08. The summed E-state index contributed by atoms with van der Waals surface area (Å²) in [6, 6.07) is 36.4. The lowest BCUT2D eigenvalue weighted by Gasteiger charge is -2.11. The highest BCUT2D eigenvalue weighted by Gasteiger charge is 2.20. The fourth-order valence-electron chi connectivity index (χ4n) is 5.55. The Balaban J connectivity index is 1.58. The number of aromatic nitrogens is 1. The Morgan fingerprint density at radius 1 is 0.455 bits per heavy atom. The van der Waals surface area contributed by atoms with E-state index >= 15 is 0 Å². The predicted octanol–water partition coefficient (Wildman–Crippen LogP) is 8.70. The summed E-state index contributed by atoms with van der Waals surface area (Å²) in [4.78, 5) is 4.96. The Morgan fingerprint density at radius 2 is 1.09 bits per heavy atom. The molecule has 0 fully saturated rings. The van der Waals surface area contributed by atoms with Gasteiger partial charge in [-0.2, -0.15) is 0 Å². The van der Waals surface area contributed by atoms with E-state index in [9.17, 15) is 0 Å². The van der Waals surface area contributed by atoms with Crippen LogP contribution >= 0.6 is 0 Å². The topological polar surface area (TPSA) is 26.0 Å². The molecule has 8 aromatic rings. The molecule has 152 valence electrons. The van der Waals surface area contributed by atoms with Crippen LogP contribution in [-0.2, 0) is 0 Å². The molecule has 2 nitrogen and oxygen atoms in total. The average molecular weight is 419 g/mol. The highest BCUT2D eigenvalue weighted by molar-refractivity contribution is 6.36. The van der Waals surface area contributed by atoms with Gasteiger partial charge in [0.15, 0.2) is 0 Å². The van der Waals surface area contributed by atoms with Gasteiger partial charge in [0.25, 0.3) is 0 Å². The second-order valence-electron chi connectivity index (χ2n) is 8.75. The van der Waals surface area contributed by atoms with E-state index in [1.54, 1.807) is 0 Å². The minimum absolute atomic E-state index is 0.895. The molecule has 0 bridgehead atoms. The van der Waals surface area contributed by atoms with Gasteiger partial charge in [0.1, 0.15) is 11.2 Å². The number of benzene rings is 6. The van der Waals surface area contributed by atoms with Crippen molar-refractivity contribution in [2.24, 2.45) is 0 Å². The molecule has 2 heteroatoms. The minimum atomic E-state index is 0.895. The number of para-hydroxylation sites is 2. The van der Waals surface area contributed by atoms with Gasteiger partial charge in [-0.25, -0.2) is 4.98 Å². The molecule has 0 radical (unpaired) electrons. The first kappa shape index (κ1) is 17.2. The van der Waals surface area contributed by atoms with Crippen LogP contribution in [0.25, 0.3) is 76.4 Å². The third-order valence-corrected chi connectivity index (χ3v) is 6.99. The fraction of sp³-hybridized carbons (Fsp3) is 0. The van der Waals surface area contributed by atoms with Gasteiger partial charge in [-0.05, 0) is 39.7 Å². The van der Waals surface area contributed by atoms with Gasteiger partial charge in [0.05, 0.1) is 11.2 Å². The fourth-order valence-corrected chi connectivity index (χ4v) is 5.55. The number of fused-ring (bicyclic) bond motifs is 6. The van der Waals surface area contributed by atoms with Crippen molar-refractivity contribution >= 4 is 65.2 Å². The standard InChI is InChI=1S/C31H17NO/c1-2-13-25-18(6-1)16-17-26(32-25)21-9-5-12-24-29-22-10-3-7-19-14-15-20-8-4-11-23(28(20)27(19)22)31(29)33-30(21)24/h1-17H. The van der Waals surface area contributed by atoms with Gasteiger partial charge >= 0.3 is 0 Å². The molecular weight excluding hydrogens is 402 g/mol. The Morgan fingerprint density at radius 3 is 1.94 bits per heavy atom. The van der Waals surface area contributed by atoms with Crippen molar-refractivity contribution in [2.45, 2.75) is 0 Å². The van der Waals surface area contributed by atoms with Crippen molar-refractivity contribution in [2.75, 3.05) is 0 Å². The van der Waals surface area contributed by atoms with Crippen LogP contribution in [0.4, 0.5) is 0 Å². The zero-order valence-electron chi connectivity index (χ0n) is 17.7. The first-order valence-corrected chi connectivity index (χ1v) is 11.2. The Hall–Kier alpha value is -4.43. The van der Waals surface area contributed by atoms with E-state index in [-0.39, 0.29) is 0 Å². The van der Waals surface area contributed by atoms with Crippen molar-refractivity contribution < 1.29 is 4.42 Å². The molecule has 8 rings (SSSR count). The maximum absolute atomic E-state index is 6.73. The maximum Gasteiger partial charge on any atom is 0.144 e. The van der Waals surface area contributed by atoms with Gasteiger partial charge in [-0.1, -0.05) is 84.9 Å². The monoisotopic (exact) mass is 419 g/mol. The van der Waals surface area contributed by atoms with Gasteiger partial charge in [0.2, 0.25) is 0 Å². The summed E-state index contributed by atoms with van der Waals surface area (Å²) in [5.41, 5.74) is 4.79. The molecule has 6 aromatic carbocycles. The predicted molar refractivity (Wildman–Crippen MR) is 138 cm³/mol. The third kappa shape index (κ3) is 2.20. The number of hydrogen-bond acceptors (Lipinski definition) is 2. The summed E-state index contributed by atoms with van der Waals surface area (Å²) < 4.78 is 6.73. The molecule has 0 aliphatic heterocycles. The molecule has 2 aromatic heterocycles. The van der Waals surface area contributed by atoms with Gasteiger partial charge in [0, 0.05) is 32.5 Å². The van der Waals surface area contributed by atoms with Crippen LogP contribution in [0.15, 0.2) is 108 Å². The quantitative estimate of drug-likeness (QED) is 0.249. The first-order chi connectivity index (χ1) is 16.4. The zero-order valence-corrected chi connectivity index (χ0v) is 17.7. The summed E-state index contributed by atoms with van der Waals surface area (Å²) in [5.74, 6) is 0. The van der Waals surface area contributed by atoms with Gasteiger partial charge in [-0.15, -0.1) is 0 Å². The molecule has 0 aliphatic carbocycles. The molecule has 0 aliphatic rings. The Labute approximate surface area is 189 Å². The largest absolute Gasteiger partial charge is 0.455 e. The van der Waals surface area contributed by atoms with Crippen LogP contribution < -0.4 is 0 Å². The van der Waals surface area contributed by atoms with Crippen molar-refractivity contribution in [3.63, 3.8) is 0 Å². The summed E-state index contributed by atoms with van der Waals surface area (Å²) in [5, 5.41) is 11.0. The number of pyridine rings is 1. The Kier molecular flexibility index (Phi) is 3.16. The molecule has 33 heavy (non-hydrogen) atoms. The van der Waals surface area contributed by atoms with E-state index in [2.05, 4.69) is 91.0 Å².